The number of ether oxygens (including phenoxy) is 5. The number of esters is 4. The Morgan fingerprint density at radius 1 is 1.00 bits per heavy atom. The number of hydrogen-bond donors (Lipinski definition) is 2. The van der Waals surface area contributed by atoms with Crippen molar-refractivity contribution in [2.45, 2.75) is 63.5 Å². The predicted molar refractivity (Wildman–Crippen MR) is 118 cm³/mol. The fourth-order valence-electron chi connectivity index (χ4n) is 3.21. The molecule has 2 N–H and O–H groups in total. The van der Waals surface area contributed by atoms with E-state index in [0.717, 1.165) is 39.5 Å². The zero-order valence-corrected chi connectivity index (χ0v) is 20.2. The highest BCUT2D eigenvalue weighted by molar-refractivity contribution is 7.98. The minimum atomic E-state index is -1.47. The maximum absolute atomic E-state index is 12.2. The number of aromatic amines is 1. The molecule has 1 aliphatic heterocycles. The average molecular weight is 516 g/mol. The van der Waals surface area contributed by atoms with Crippen molar-refractivity contribution in [3.05, 3.63) is 15.3 Å². The van der Waals surface area contributed by atoms with Crippen LogP contribution in [0, 0.1) is 4.91 Å². The standard InChI is InChI=1S/C19H24N4O11S/c1-7(24)30-6-11-13(31-8(2)25)14(32-9(3)26)15(33-10(4)27)18(34-11)20-16-12(23-29)17(28)22-19(21-16)35-5/h11,13-15,18H,6H2,1-5H3,(H2,20,21,22,28)/t11-,13-,14+,15-,18-/m1/s1. The minimum absolute atomic E-state index is 0.121. The number of thioether (sulfide) groups is 1. The molecule has 192 valence electrons. The van der Waals surface area contributed by atoms with Crippen LogP contribution in [-0.2, 0) is 42.9 Å². The Balaban J connectivity index is 2.59. The molecule has 0 aromatic carbocycles. The average Bonchev–Trinajstić information content (AvgIpc) is 2.75. The van der Waals surface area contributed by atoms with Gasteiger partial charge in [-0.2, -0.15) is 0 Å². The monoisotopic (exact) mass is 516 g/mol. The van der Waals surface area contributed by atoms with Gasteiger partial charge in [0.05, 0.1) is 0 Å². The number of H-pyrrole nitrogens is 1. The van der Waals surface area contributed by atoms with Crippen LogP contribution >= 0.6 is 11.8 Å². The molecule has 16 heteroatoms. The molecule has 2 rings (SSSR count). The first-order chi connectivity index (χ1) is 16.5. The van der Waals surface area contributed by atoms with Crippen molar-refractivity contribution in [2.24, 2.45) is 5.18 Å². The van der Waals surface area contributed by atoms with Crippen molar-refractivity contribution in [3.63, 3.8) is 0 Å². The van der Waals surface area contributed by atoms with Gasteiger partial charge in [0, 0.05) is 27.7 Å². The van der Waals surface area contributed by atoms with E-state index in [1.54, 1.807) is 6.26 Å². The van der Waals surface area contributed by atoms with Crippen LogP contribution in [0.15, 0.2) is 15.1 Å². The lowest BCUT2D eigenvalue weighted by Gasteiger charge is -2.44. The number of carbonyl (C=O) groups excluding carboxylic acids is 4. The van der Waals surface area contributed by atoms with Crippen molar-refractivity contribution in [1.29, 1.82) is 0 Å². The maximum Gasteiger partial charge on any atom is 0.303 e. The quantitative estimate of drug-likeness (QED) is 0.150. The third kappa shape index (κ3) is 7.48. The minimum Gasteiger partial charge on any atom is -0.463 e. The second-order valence-electron chi connectivity index (χ2n) is 7.13. The van der Waals surface area contributed by atoms with E-state index in [1.807, 2.05) is 0 Å². The van der Waals surface area contributed by atoms with Gasteiger partial charge in [0.25, 0.3) is 5.56 Å². The lowest BCUT2D eigenvalue weighted by molar-refractivity contribution is -0.247. The van der Waals surface area contributed by atoms with Crippen LogP contribution in [0.5, 0.6) is 0 Å². The molecule has 1 saturated heterocycles. The molecule has 5 atom stereocenters. The molecule has 2 heterocycles. The van der Waals surface area contributed by atoms with Crippen molar-refractivity contribution in [3.8, 4) is 0 Å². The smallest absolute Gasteiger partial charge is 0.303 e. The largest absolute Gasteiger partial charge is 0.463 e. The molecule has 0 bridgehead atoms. The van der Waals surface area contributed by atoms with Crippen molar-refractivity contribution < 1.29 is 42.9 Å². The van der Waals surface area contributed by atoms with E-state index in [1.165, 1.54) is 0 Å². The molecule has 0 spiro atoms. The van der Waals surface area contributed by atoms with Gasteiger partial charge in [-0.25, -0.2) is 4.98 Å². The summed E-state index contributed by atoms with van der Waals surface area (Å²) in [6, 6.07) is 0. The van der Waals surface area contributed by atoms with Gasteiger partial charge in [0.2, 0.25) is 5.69 Å². The summed E-state index contributed by atoms with van der Waals surface area (Å²) in [4.78, 5) is 76.9. The lowest BCUT2D eigenvalue weighted by Crippen LogP contribution is -2.64. The Morgan fingerprint density at radius 3 is 2.09 bits per heavy atom. The van der Waals surface area contributed by atoms with E-state index in [0.29, 0.717) is 0 Å². The Bertz CT molecular complexity index is 1050. The summed E-state index contributed by atoms with van der Waals surface area (Å²) >= 11 is 1.06. The molecule has 0 aliphatic carbocycles. The first kappa shape index (κ1) is 27.7. The Hall–Kier alpha value is -3.53. The lowest BCUT2D eigenvalue weighted by atomic mass is 9.97. The predicted octanol–water partition coefficient (Wildman–Crippen LogP) is 0.385. The van der Waals surface area contributed by atoms with Crippen LogP contribution in [0.2, 0.25) is 0 Å². The van der Waals surface area contributed by atoms with E-state index in [-0.39, 0.29) is 11.0 Å². The molecule has 1 aromatic rings. The Kier molecular flexibility index (Phi) is 9.70. The van der Waals surface area contributed by atoms with E-state index in [4.69, 9.17) is 23.7 Å². The van der Waals surface area contributed by atoms with Gasteiger partial charge >= 0.3 is 23.9 Å². The van der Waals surface area contributed by atoms with Gasteiger partial charge in [-0.05, 0) is 11.4 Å². The molecule has 0 amide bonds. The fourth-order valence-corrected chi connectivity index (χ4v) is 3.58. The molecular formula is C19H24N4O11S. The maximum atomic E-state index is 12.2. The highest BCUT2D eigenvalue weighted by atomic mass is 32.2. The SMILES string of the molecule is CSc1nc(N[C@@H]2O[C@H](COC(C)=O)[C@@H](OC(C)=O)[C@H](OC(C)=O)[C@H]2OC(C)=O)c(N=O)c(=O)[nH]1. The number of anilines is 1. The molecule has 15 nitrogen and oxygen atoms in total. The zero-order chi connectivity index (χ0) is 26.3. The molecule has 0 saturated carbocycles. The number of nitroso groups, excluding NO2 is 1. The first-order valence-electron chi connectivity index (χ1n) is 10.1. The molecular weight excluding hydrogens is 492 g/mol. The van der Waals surface area contributed by atoms with E-state index in [9.17, 15) is 28.9 Å². The van der Waals surface area contributed by atoms with Crippen LogP contribution < -0.4 is 10.9 Å². The second-order valence-corrected chi connectivity index (χ2v) is 7.92. The molecule has 0 unspecified atom stereocenters. The van der Waals surface area contributed by atoms with Crippen molar-refractivity contribution >= 4 is 47.1 Å². The summed E-state index contributed by atoms with van der Waals surface area (Å²) in [5.41, 5.74) is -1.48. The number of nitrogens with one attached hydrogen (secondary N) is 2. The number of aromatic nitrogens is 2. The van der Waals surface area contributed by atoms with Crippen LogP contribution in [-0.4, -0.2) is 77.4 Å². The van der Waals surface area contributed by atoms with E-state index in [2.05, 4.69) is 20.5 Å². The summed E-state index contributed by atoms with van der Waals surface area (Å²) in [6.07, 6.45) is -5.32. The van der Waals surface area contributed by atoms with Crippen LogP contribution in [0.4, 0.5) is 11.5 Å². The molecule has 1 fully saturated rings. The van der Waals surface area contributed by atoms with E-state index >= 15 is 0 Å². The summed E-state index contributed by atoms with van der Waals surface area (Å²) in [5.74, 6) is -3.43. The Labute approximate surface area is 202 Å². The zero-order valence-electron chi connectivity index (χ0n) is 19.4. The summed E-state index contributed by atoms with van der Waals surface area (Å²) < 4.78 is 26.7. The van der Waals surface area contributed by atoms with E-state index < -0.39 is 72.4 Å². The number of hydrogen-bond acceptors (Lipinski definition) is 15. The summed E-state index contributed by atoms with van der Waals surface area (Å²) in [6.45, 7) is 3.92. The topological polar surface area (TPSA) is 202 Å². The van der Waals surface area contributed by atoms with Gasteiger partial charge in [-0.15, -0.1) is 4.91 Å². The van der Waals surface area contributed by atoms with Gasteiger partial charge in [-0.3, -0.25) is 29.0 Å². The normalized spacial score (nSPS) is 23.5. The third-order valence-electron chi connectivity index (χ3n) is 4.43. The van der Waals surface area contributed by atoms with Crippen LogP contribution in [0.25, 0.3) is 0 Å². The van der Waals surface area contributed by atoms with Crippen molar-refractivity contribution in [1.82, 2.24) is 9.97 Å². The molecule has 1 aromatic heterocycles. The number of nitrogens with zero attached hydrogens (tertiary/aromatic N) is 2. The molecule has 35 heavy (non-hydrogen) atoms. The summed E-state index contributed by atoms with van der Waals surface area (Å²) in [5, 5.41) is 5.46. The van der Waals surface area contributed by atoms with Crippen LogP contribution in [0.3, 0.4) is 0 Å². The third-order valence-corrected chi connectivity index (χ3v) is 5.01. The molecule has 0 radical (unpaired) electrons. The number of carbonyl (C=O) groups is 4. The fraction of sp³-hybridized carbons (Fsp3) is 0.579. The second kappa shape index (κ2) is 12.3. The van der Waals surface area contributed by atoms with Gasteiger partial charge < -0.3 is 29.0 Å². The van der Waals surface area contributed by atoms with Gasteiger partial charge in [0.15, 0.2) is 35.5 Å². The summed E-state index contributed by atoms with van der Waals surface area (Å²) in [7, 11) is 0. The Morgan fingerprint density at radius 2 is 1.57 bits per heavy atom. The van der Waals surface area contributed by atoms with Crippen LogP contribution in [0.1, 0.15) is 27.7 Å². The van der Waals surface area contributed by atoms with Gasteiger partial charge in [-0.1, -0.05) is 11.8 Å². The first-order valence-corrected chi connectivity index (χ1v) is 11.3. The number of rotatable bonds is 9. The highest BCUT2D eigenvalue weighted by Crippen LogP contribution is 2.31. The highest BCUT2D eigenvalue weighted by Gasteiger charge is 2.52. The van der Waals surface area contributed by atoms with Crippen molar-refractivity contribution in [2.75, 3.05) is 18.2 Å². The molecule has 1 aliphatic rings. The van der Waals surface area contributed by atoms with Gasteiger partial charge in [0.1, 0.15) is 12.7 Å².